The van der Waals surface area contributed by atoms with Crippen molar-refractivity contribution >= 4 is 40.4 Å². The minimum atomic E-state index is -5.61. The lowest BCUT2D eigenvalue weighted by Crippen LogP contribution is -2.16. The van der Waals surface area contributed by atoms with Crippen molar-refractivity contribution in [3.05, 3.63) is 36.2 Å². The van der Waals surface area contributed by atoms with Crippen LogP contribution >= 0.6 is 34.5 Å². The molecule has 0 saturated carbocycles. The molecule has 2 aromatic rings. The second-order valence-corrected chi connectivity index (χ2v) is 6.50. The average Bonchev–Trinajstić information content (AvgIpc) is 2.92. The number of thiophene rings is 1. The summed E-state index contributed by atoms with van der Waals surface area (Å²) in [6, 6.07) is 0. The molecule has 0 atom stereocenters. The van der Waals surface area contributed by atoms with E-state index in [4.69, 9.17) is 23.2 Å². The Labute approximate surface area is 143 Å². The van der Waals surface area contributed by atoms with Crippen LogP contribution in [0.1, 0.15) is 16.7 Å². The predicted octanol–water partition coefficient (Wildman–Crippen LogP) is 6.30. The molecule has 0 radical (unpaired) electrons. The van der Waals surface area contributed by atoms with Gasteiger partial charge in [-0.15, -0.1) is 11.3 Å². The van der Waals surface area contributed by atoms with Crippen LogP contribution in [0.3, 0.4) is 0 Å². The van der Waals surface area contributed by atoms with E-state index in [0.717, 1.165) is 0 Å². The van der Waals surface area contributed by atoms with E-state index < -0.39 is 44.8 Å². The van der Waals surface area contributed by atoms with E-state index in [9.17, 15) is 36.5 Å². The molecule has 13 heteroatoms. The van der Waals surface area contributed by atoms with Crippen LogP contribution in [0, 0.1) is 17.0 Å². The molecule has 2 rings (SSSR count). The number of aromatic amines is 1. The Hall–Kier alpha value is -1.46. The van der Waals surface area contributed by atoms with Gasteiger partial charge < -0.3 is 10.1 Å². The lowest BCUT2D eigenvalue weighted by atomic mass is 10.1. The Balaban J connectivity index is 2.96. The van der Waals surface area contributed by atoms with E-state index in [2.05, 4.69) is 0 Å². The largest absolute Gasteiger partial charge is 0.425 e. The molecule has 24 heavy (non-hydrogen) atoms. The lowest BCUT2D eigenvalue weighted by Gasteiger charge is -2.11. The third-order valence-corrected chi connectivity index (χ3v) is 5.17. The fraction of sp³-hybridized carbons (Fsp3) is 0.273. The van der Waals surface area contributed by atoms with E-state index in [1.807, 2.05) is 0 Å². The molecule has 0 spiro atoms. The first-order chi connectivity index (χ1) is 10.8. The molecule has 0 aliphatic heterocycles. The fourth-order valence-electron chi connectivity index (χ4n) is 1.98. The molecular formula is C11H4Cl2F6N2O2S. The van der Waals surface area contributed by atoms with Crippen LogP contribution in [0.2, 0.25) is 9.36 Å². The van der Waals surface area contributed by atoms with Gasteiger partial charge in [0.15, 0.2) is 11.3 Å². The summed E-state index contributed by atoms with van der Waals surface area (Å²) in [4.78, 5) is 10.4. The molecule has 0 aliphatic carbocycles. The van der Waals surface area contributed by atoms with Crippen LogP contribution < -0.4 is 0 Å². The topological polar surface area (TPSA) is 58.9 Å². The summed E-state index contributed by atoms with van der Waals surface area (Å²) in [6.45, 7) is 1.35. The lowest BCUT2D eigenvalue weighted by molar-refractivity contribution is -0.392. The van der Waals surface area contributed by atoms with Gasteiger partial charge in [0, 0.05) is 0 Å². The predicted molar refractivity (Wildman–Crippen MR) is 75.5 cm³/mol. The Bertz CT molecular complexity index is 824. The van der Waals surface area contributed by atoms with Crippen LogP contribution in [-0.2, 0) is 12.4 Å². The van der Waals surface area contributed by atoms with Crippen LogP contribution in [0.15, 0.2) is 0 Å². The molecule has 2 aromatic heterocycles. The summed E-state index contributed by atoms with van der Waals surface area (Å²) >= 11 is 12.0. The molecule has 0 aliphatic rings. The zero-order valence-electron chi connectivity index (χ0n) is 11.2. The van der Waals surface area contributed by atoms with Crippen molar-refractivity contribution in [2.24, 2.45) is 0 Å². The highest BCUT2D eigenvalue weighted by Gasteiger charge is 2.53. The normalized spacial score (nSPS) is 12.7. The Morgan fingerprint density at radius 1 is 1.08 bits per heavy atom. The number of nitro groups is 1. The highest BCUT2D eigenvalue weighted by Crippen LogP contribution is 2.52. The molecule has 0 aromatic carbocycles. The van der Waals surface area contributed by atoms with Gasteiger partial charge in [-0.2, -0.15) is 26.3 Å². The third kappa shape index (κ3) is 3.07. The number of alkyl halides is 6. The van der Waals surface area contributed by atoms with Crippen molar-refractivity contribution in [1.82, 2.24) is 4.98 Å². The SMILES string of the molecule is Cc1c(Cl)sc(-c2[nH]c([N+](=O)[O-])c(C(F)(F)F)c2C(F)(F)F)c1Cl. The number of nitrogens with zero attached hydrogens (tertiary/aromatic N) is 1. The van der Waals surface area contributed by atoms with Gasteiger partial charge in [0.05, 0.1) is 14.2 Å². The highest BCUT2D eigenvalue weighted by molar-refractivity contribution is 7.20. The maximum atomic E-state index is 13.2. The molecule has 0 amide bonds. The molecule has 0 unspecified atom stereocenters. The van der Waals surface area contributed by atoms with Crippen molar-refractivity contribution in [3.63, 3.8) is 0 Å². The standard InChI is InChI=1S/C11H4Cl2F6N2O2S/c1-2-5(12)7(24-8(2)13)6-3(10(14,15)16)4(11(17,18)19)9(20-6)21(22)23/h20H,1H3. The first kappa shape index (κ1) is 18.9. The number of rotatable bonds is 2. The monoisotopic (exact) mass is 412 g/mol. The fourth-order valence-corrected chi connectivity index (χ4v) is 3.65. The number of hydrogen-bond donors (Lipinski definition) is 1. The van der Waals surface area contributed by atoms with Crippen molar-refractivity contribution < 1.29 is 31.3 Å². The number of H-pyrrole nitrogens is 1. The Kier molecular flexibility index (Phi) is 4.57. The quantitative estimate of drug-likeness (QED) is 0.357. The summed E-state index contributed by atoms with van der Waals surface area (Å²) in [5, 5.41) is 10.5. The molecule has 2 heterocycles. The van der Waals surface area contributed by atoms with E-state index in [1.165, 1.54) is 6.92 Å². The summed E-state index contributed by atoms with van der Waals surface area (Å²) in [7, 11) is 0. The second-order valence-electron chi connectivity index (χ2n) is 4.50. The molecule has 132 valence electrons. The van der Waals surface area contributed by atoms with Crippen molar-refractivity contribution in [1.29, 1.82) is 0 Å². The minimum absolute atomic E-state index is 0.0473. The van der Waals surface area contributed by atoms with Crippen molar-refractivity contribution in [2.75, 3.05) is 0 Å². The first-order valence-electron chi connectivity index (χ1n) is 5.76. The van der Waals surface area contributed by atoms with E-state index in [1.54, 1.807) is 4.98 Å². The van der Waals surface area contributed by atoms with Gasteiger partial charge in [0.1, 0.15) is 5.56 Å². The zero-order valence-corrected chi connectivity index (χ0v) is 13.5. The van der Waals surface area contributed by atoms with Gasteiger partial charge in [-0.3, -0.25) is 0 Å². The van der Waals surface area contributed by atoms with E-state index in [-0.39, 0.29) is 14.9 Å². The summed E-state index contributed by atoms with van der Waals surface area (Å²) in [6.07, 6.45) is -11.1. The van der Waals surface area contributed by atoms with Crippen LogP contribution in [0.4, 0.5) is 32.2 Å². The smallest absolute Gasteiger partial charge is 0.358 e. The van der Waals surface area contributed by atoms with Gasteiger partial charge in [0.25, 0.3) is 0 Å². The van der Waals surface area contributed by atoms with Gasteiger partial charge in [0.2, 0.25) is 0 Å². The number of hydrogen-bond acceptors (Lipinski definition) is 3. The molecule has 0 saturated heterocycles. The van der Waals surface area contributed by atoms with Crippen LogP contribution in [0.25, 0.3) is 10.6 Å². The minimum Gasteiger partial charge on any atom is -0.358 e. The molecular weight excluding hydrogens is 409 g/mol. The average molecular weight is 413 g/mol. The Morgan fingerprint density at radius 2 is 1.58 bits per heavy atom. The highest BCUT2D eigenvalue weighted by atomic mass is 35.5. The van der Waals surface area contributed by atoms with Crippen LogP contribution in [-0.4, -0.2) is 9.91 Å². The van der Waals surface area contributed by atoms with Crippen LogP contribution in [0.5, 0.6) is 0 Å². The van der Waals surface area contributed by atoms with E-state index >= 15 is 0 Å². The zero-order chi connectivity index (χ0) is 18.6. The van der Waals surface area contributed by atoms with Gasteiger partial charge in [-0.05, 0) is 17.4 Å². The molecule has 0 fully saturated rings. The summed E-state index contributed by atoms with van der Waals surface area (Å²) in [5.74, 6) is -1.82. The number of aromatic nitrogens is 1. The van der Waals surface area contributed by atoms with Gasteiger partial charge >= 0.3 is 18.2 Å². The van der Waals surface area contributed by atoms with Crippen molar-refractivity contribution in [3.8, 4) is 10.6 Å². The second kappa shape index (κ2) is 5.81. The summed E-state index contributed by atoms with van der Waals surface area (Å²) in [5.41, 5.74) is -5.61. The third-order valence-electron chi connectivity index (χ3n) is 2.97. The Morgan fingerprint density at radius 3 is 1.92 bits per heavy atom. The molecule has 0 bridgehead atoms. The molecule has 1 N–H and O–H groups in total. The maximum Gasteiger partial charge on any atom is 0.425 e. The van der Waals surface area contributed by atoms with E-state index in [0.29, 0.717) is 11.3 Å². The van der Waals surface area contributed by atoms with Gasteiger partial charge in [-0.1, -0.05) is 23.2 Å². The van der Waals surface area contributed by atoms with Gasteiger partial charge in [-0.25, -0.2) is 4.98 Å². The van der Waals surface area contributed by atoms with Crippen molar-refractivity contribution in [2.45, 2.75) is 19.3 Å². The number of nitrogens with one attached hydrogen (secondary N) is 1. The maximum absolute atomic E-state index is 13.2. The summed E-state index contributed by atoms with van der Waals surface area (Å²) < 4.78 is 78.7. The first-order valence-corrected chi connectivity index (χ1v) is 7.33. The number of halogens is 8. The molecule has 4 nitrogen and oxygen atoms in total.